The highest BCUT2D eigenvalue weighted by Gasteiger charge is 2.64. The van der Waals surface area contributed by atoms with Crippen LogP contribution in [0.15, 0.2) is 203 Å². The van der Waals surface area contributed by atoms with E-state index in [0.717, 1.165) is 110 Å². The zero-order valence-electron chi connectivity index (χ0n) is 50.4. The number of quaternary nitrogens is 2. The minimum Gasteiger partial charge on any atom is -0.518 e. The van der Waals surface area contributed by atoms with Crippen molar-refractivity contribution >= 4 is 22.2 Å². The molecule has 12 nitrogen and oxygen atoms in total. The maximum Gasteiger partial charge on any atom is 0.460 e. The molecule has 2 saturated carbocycles. The van der Waals surface area contributed by atoms with Crippen LogP contribution in [-0.4, -0.2) is 61.6 Å². The highest BCUT2D eigenvalue weighted by Crippen LogP contribution is 2.72. The smallest absolute Gasteiger partial charge is 0.460 e. The minimum atomic E-state index is -4.52. The van der Waals surface area contributed by atoms with E-state index in [2.05, 4.69) is 80.0 Å². The van der Waals surface area contributed by atoms with Gasteiger partial charge in [-0.2, -0.15) is 22.6 Å². The Balaban J connectivity index is 0.843. The molecule has 17 heteroatoms. The van der Waals surface area contributed by atoms with Gasteiger partial charge in [0.05, 0.1) is 24.4 Å². The Morgan fingerprint density at radius 1 is 0.793 bits per heavy atom. The molecule has 2 fully saturated rings. The monoisotopic (exact) mass is 1230 g/mol. The second kappa shape index (κ2) is 27.8. The molecule has 9 aliphatic rings. The van der Waals surface area contributed by atoms with Gasteiger partial charge < -0.3 is 44.0 Å². The van der Waals surface area contributed by atoms with Crippen LogP contribution in [0.5, 0.6) is 11.5 Å². The summed E-state index contributed by atoms with van der Waals surface area (Å²) in [5, 5.41) is 2.08. The number of hydrogen-bond acceptors (Lipinski definition) is 10. The number of halogens is 3. The maximum atomic E-state index is 14.3. The lowest BCUT2D eigenvalue weighted by atomic mass is 9.77. The van der Waals surface area contributed by atoms with Crippen molar-refractivity contribution in [3.8, 4) is 11.5 Å². The third kappa shape index (κ3) is 15.4. The second-order valence-corrected chi connectivity index (χ2v) is 29.6. The van der Waals surface area contributed by atoms with Gasteiger partial charge >= 0.3 is 22.7 Å². The minimum absolute atomic E-state index is 0.0218. The van der Waals surface area contributed by atoms with Crippen LogP contribution in [0.1, 0.15) is 141 Å². The van der Waals surface area contributed by atoms with E-state index in [9.17, 15) is 18.1 Å². The number of para-hydroxylation sites is 1. The van der Waals surface area contributed by atoms with E-state index in [1.165, 1.54) is 11.6 Å². The van der Waals surface area contributed by atoms with Gasteiger partial charge in [0.2, 0.25) is 0 Å². The predicted octanol–water partition coefficient (Wildman–Crippen LogP) is 15.4. The van der Waals surface area contributed by atoms with Crippen LogP contribution in [0, 0.1) is 11.8 Å². The van der Waals surface area contributed by atoms with Crippen LogP contribution in [0.3, 0.4) is 0 Å². The number of unbranched alkanes of at least 4 members (excludes halogenated alkanes) is 1. The largest absolute Gasteiger partial charge is 0.518 e. The number of rotatable bonds is 26. The standard InChI is InChI=1S/C70H85F3N2O10PSi/c1-4-6-20-48(3)87(62-33-14-9-15-34-62,84-60-31-18-27-56(45-60)79-68-47-69(68,80-53-23-12-8-13-24-53)81-57-28-16-25-54(43-57)77-65-38-35-51(74)41-49(65)5-2)85-61-32-19-30-59(46-61)83-86(76,67-40-37-63(67)50-21-10-7-11-22-50)82-58-29-17-26-55(44-58)78-66-39-36-52(75)42-64(66)70(71,72)73/h8-10,12-14,16-17,21-24,26,28,33,35-36,38-39,41,43-46,54,56,58,61,63-64,67-68,76H,3-7,11,15,18-20,25,27,29-32,34,37,40,42,47,74-75H2,1-2H3/q+1/p+2. The summed E-state index contributed by atoms with van der Waals surface area (Å²) in [6.07, 6.45) is 38.9. The van der Waals surface area contributed by atoms with Crippen LogP contribution in [0.25, 0.3) is 0 Å². The molecule has 9 aliphatic carbocycles. The Labute approximate surface area is 513 Å². The summed E-state index contributed by atoms with van der Waals surface area (Å²) >= 11 is 0. The SMILES string of the molecule is C=C(CCCC)[Si](OC1=CC(OC2CC2(OC2=CC(Oc3ccc([NH3+])cc3CC)CC=C2)Oc2ccccc2)CCC1)(OC1C=C(O[P+](O)(OC2C=C(OC3=CC=C([NH3+])CC3C(F)(F)F)C=CC2)C2CCC2C2=CCCC=C2)CCC1)C1=CC=CCC1. The topological polar surface area (TPSA) is 159 Å². The fraction of sp³-hybridized carbons (Fsp3) is 0.457. The first-order valence-corrected chi connectivity index (χ1v) is 35.2. The van der Waals surface area contributed by atoms with Crippen LogP contribution in [0.4, 0.5) is 18.9 Å². The van der Waals surface area contributed by atoms with E-state index >= 15 is 0 Å². The highest BCUT2D eigenvalue weighted by molar-refractivity contribution is 7.61. The van der Waals surface area contributed by atoms with Gasteiger partial charge in [-0.1, -0.05) is 93.7 Å². The molecule has 0 heterocycles. The predicted molar refractivity (Wildman–Crippen MR) is 334 cm³/mol. The summed E-state index contributed by atoms with van der Waals surface area (Å²) in [5.41, 5.74) is 11.2. The van der Waals surface area contributed by atoms with Crippen molar-refractivity contribution in [2.75, 3.05) is 0 Å². The van der Waals surface area contributed by atoms with E-state index in [0.29, 0.717) is 67.9 Å². The lowest BCUT2D eigenvalue weighted by Gasteiger charge is -2.41. The molecular weight excluding hydrogens is 1140 g/mol. The number of alkyl halides is 3. The fourth-order valence-electron chi connectivity index (χ4n) is 12.8. The molecule has 0 aromatic heterocycles. The molecule has 0 saturated heterocycles. The Bertz CT molecular complexity index is 3220. The third-order valence-corrected chi connectivity index (χ3v) is 23.9. The fourth-order valence-corrected chi connectivity index (χ4v) is 19.0. The number of benzene rings is 2. The molecule has 0 bridgehead atoms. The van der Waals surface area contributed by atoms with Crippen molar-refractivity contribution in [3.05, 3.63) is 208 Å². The van der Waals surface area contributed by atoms with Gasteiger partial charge in [0.15, 0.2) is 11.4 Å². The lowest BCUT2D eigenvalue weighted by Crippen LogP contribution is -2.50. The van der Waals surface area contributed by atoms with E-state index < -0.39 is 46.6 Å². The molecule has 0 spiro atoms. The second-order valence-electron chi connectivity index (χ2n) is 24.4. The van der Waals surface area contributed by atoms with Gasteiger partial charge in [-0.05, 0) is 172 Å². The first-order chi connectivity index (χ1) is 42.1. The normalized spacial score (nSPS) is 29.1. The summed E-state index contributed by atoms with van der Waals surface area (Å²) in [4.78, 5) is 13.2. The van der Waals surface area contributed by atoms with Crippen LogP contribution in [-0.2, 0) is 38.5 Å². The van der Waals surface area contributed by atoms with Crippen molar-refractivity contribution in [1.82, 2.24) is 0 Å². The summed E-state index contributed by atoms with van der Waals surface area (Å²) in [6, 6.07) is 15.8. The molecule has 2 aromatic carbocycles. The number of aryl methyl sites for hydroxylation is 1. The molecule has 11 unspecified atom stereocenters. The zero-order valence-corrected chi connectivity index (χ0v) is 52.3. The van der Waals surface area contributed by atoms with Crippen molar-refractivity contribution < 1.29 is 71.1 Å². The zero-order chi connectivity index (χ0) is 60.6. The number of ether oxygens (including phenoxy) is 5. The Kier molecular flexibility index (Phi) is 20.1. The van der Waals surface area contributed by atoms with E-state index in [-0.39, 0.29) is 47.8 Å². The van der Waals surface area contributed by atoms with Crippen LogP contribution in [0.2, 0.25) is 0 Å². The molecule has 0 radical (unpaired) electrons. The average Bonchev–Trinajstić information content (AvgIpc) is 2.42. The summed E-state index contributed by atoms with van der Waals surface area (Å²) in [6.45, 7) is 9.13. The van der Waals surface area contributed by atoms with Crippen molar-refractivity contribution in [3.63, 3.8) is 0 Å². The van der Waals surface area contributed by atoms with Crippen molar-refractivity contribution in [2.24, 2.45) is 11.8 Å². The Hall–Kier alpha value is -5.94. The van der Waals surface area contributed by atoms with Crippen LogP contribution < -0.4 is 20.9 Å². The number of allylic oxidation sites excluding steroid dienone is 17. The third-order valence-electron chi connectivity index (χ3n) is 17.7. The molecule has 87 heavy (non-hydrogen) atoms. The summed E-state index contributed by atoms with van der Waals surface area (Å²) in [5.74, 6) is 0.743. The quantitative estimate of drug-likeness (QED) is 0.0470. The van der Waals surface area contributed by atoms with E-state index in [1.54, 1.807) is 18.2 Å². The molecule has 2 aromatic rings. The molecule has 11 rings (SSSR count). The molecule has 0 aliphatic heterocycles. The van der Waals surface area contributed by atoms with Gasteiger partial charge in [0.25, 0.3) is 5.79 Å². The molecule has 11 atom stereocenters. The van der Waals surface area contributed by atoms with Gasteiger partial charge in [0, 0.05) is 50.2 Å². The van der Waals surface area contributed by atoms with E-state index in [1.807, 2.05) is 66.8 Å². The Morgan fingerprint density at radius 2 is 1.57 bits per heavy atom. The molecule has 464 valence electrons. The summed E-state index contributed by atoms with van der Waals surface area (Å²) in [7, 11) is -7.29. The molecule has 0 amide bonds. The van der Waals surface area contributed by atoms with Crippen molar-refractivity contribution in [2.45, 2.75) is 190 Å². The van der Waals surface area contributed by atoms with Crippen molar-refractivity contribution in [1.29, 1.82) is 0 Å². The van der Waals surface area contributed by atoms with Gasteiger partial charge in [-0.25, -0.2) is 0 Å². The van der Waals surface area contributed by atoms with Crippen LogP contribution >= 0.6 is 7.94 Å². The van der Waals surface area contributed by atoms with E-state index in [4.69, 9.17) is 48.2 Å². The molecule has 7 N–H and O–H groups in total. The number of hydrogen-bond donors (Lipinski definition) is 3. The van der Waals surface area contributed by atoms with Gasteiger partial charge in [-0.3, -0.25) is 4.52 Å². The molecular formula is C70H87F3N2O10PSi+3. The van der Waals surface area contributed by atoms with Gasteiger partial charge in [-0.15, -0.1) is 0 Å². The highest BCUT2D eigenvalue weighted by atomic mass is 31.2. The Morgan fingerprint density at radius 3 is 2.32 bits per heavy atom. The maximum absolute atomic E-state index is 14.3. The van der Waals surface area contributed by atoms with Gasteiger partial charge in [0.1, 0.15) is 64.4 Å². The first-order valence-electron chi connectivity index (χ1n) is 31.7. The lowest BCUT2D eigenvalue weighted by molar-refractivity contribution is -0.313. The summed E-state index contributed by atoms with van der Waals surface area (Å²) < 4.78 is 105. The first kappa shape index (κ1) is 62.7. The average molecular weight is 1230 g/mol.